The molecule has 0 saturated carbocycles. The van der Waals surface area contributed by atoms with E-state index in [-0.39, 0.29) is 0 Å². The summed E-state index contributed by atoms with van der Waals surface area (Å²) in [6.45, 7) is 7.02. The summed E-state index contributed by atoms with van der Waals surface area (Å²) in [6, 6.07) is 5.56. The Balaban J connectivity index is 2.98. The van der Waals surface area contributed by atoms with Crippen molar-refractivity contribution in [2.75, 3.05) is 13.2 Å². The largest absolute Gasteiger partial charge is 0.494 e. The van der Waals surface area contributed by atoms with Gasteiger partial charge in [-0.1, -0.05) is 6.92 Å². The Hall–Kier alpha value is -1.22. The number of aliphatic hydroxyl groups is 1. The van der Waals surface area contributed by atoms with E-state index in [1.807, 2.05) is 39.0 Å². The van der Waals surface area contributed by atoms with Crippen LogP contribution in [-0.4, -0.2) is 18.3 Å². The normalized spacial score (nSPS) is 12.2. The van der Waals surface area contributed by atoms with Crippen LogP contribution >= 0.6 is 0 Å². The van der Waals surface area contributed by atoms with Gasteiger partial charge in [-0.15, -0.1) is 0 Å². The number of benzene rings is 1. The first-order chi connectivity index (χ1) is 7.72. The Morgan fingerprint density at radius 3 is 2.38 bits per heavy atom. The zero-order valence-electron chi connectivity index (χ0n) is 10.2. The third-order valence-corrected chi connectivity index (χ3v) is 2.34. The molecule has 0 bridgehead atoms. The SMILES string of the molecule is CCOc1ccc(C(O)CC)c(OCC)c1. The van der Waals surface area contributed by atoms with Gasteiger partial charge in [0.05, 0.1) is 19.3 Å². The van der Waals surface area contributed by atoms with Crippen molar-refractivity contribution in [1.29, 1.82) is 0 Å². The summed E-state index contributed by atoms with van der Waals surface area (Å²) in [5.41, 5.74) is 0.827. The predicted octanol–water partition coefficient (Wildman–Crippen LogP) is 2.93. The minimum Gasteiger partial charge on any atom is -0.494 e. The van der Waals surface area contributed by atoms with E-state index in [1.165, 1.54) is 0 Å². The second kappa shape index (κ2) is 6.38. The number of aliphatic hydroxyl groups excluding tert-OH is 1. The number of hydrogen-bond acceptors (Lipinski definition) is 3. The molecule has 0 aliphatic rings. The molecule has 0 aliphatic heterocycles. The second-order valence-electron chi connectivity index (χ2n) is 3.49. The quantitative estimate of drug-likeness (QED) is 0.807. The molecule has 1 atom stereocenters. The van der Waals surface area contributed by atoms with E-state index in [0.717, 1.165) is 11.3 Å². The maximum Gasteiger partial charge on any atom is 0.128 e. The minimum absolute atomic E-state index is 0.475. The van der Waals surface area contributed by atoms with Gasteiger partial charge in [0.2, 0.25) is 0 Å². The van der Waals surface area contributed by atoms with Crippen LogP contribution in [0.25, 0.3) is 0 Å². The molecule has 1 aromatic rings. The summed E-state index contributed by atoms with van der Waals surface area (Å²) in [4.78, 5) is 0. The Kier molecular flexibility index (Phi) is 5.12. The van der Waals surface area contributed by atoms with Crippen molar-refractivity contribution in [2.24, 2.45) is 0 Å². The third kappa shape index (κ3) is 3.14. The lowest BCUT2D eigenvalue weighted by molar-refractivity contribution is 0.167. The maximum atomic E-state index is 9.84. The number of ether oxygens (including phenoxy) is 2. The van der Waals surface area contributed by atoms with Crippen LogP contribution in [-0.2, 0) is 0 Å². The molecule has 3 heteroatoms. The first kappa shape index (κ1) is 12.8. The first-order valence-corrected chi connectivity index (χ1v) is 5.80. The van der Waals surface area contributed by atoms with Crippen molar-refractivity contribution in [3.8, 4) is 11.5 Å². The van der Waals surface area contributed by atoms with Crippen molar-refractivity contribution >= 4 is 0 Å². The van der Waals surface area contributed by atoms with Gasteiger partial charge in [0, 0.05) is 11.6 Å². The summed E-state index contributed by atoms with van der Waals surface area (Å²) < 4.78 is 10.9. The van der Waals surface area contributed by atoms with Crippen LogP contribution in [0.3, 0.4) is 0 Å². The van der Waals surface area contributed by atoms with Gasteiger partial charge in [0.15, 0.2) is 0 Å². The van der Waals surface area contributed by atoms with Crippen molar-refractivity contribution < 1.29 is 14.6 Å². The topological polar surface area (TPSA) is 38.7 Å². The summed E-state index contributed by atoms with van der Waals surface area (Å²) in [6.07, 6.45) is 0.200. The minimum atomic E-state index is -0.475. The monoisotopic (exact) mass is 224 g/mol. The molecule has 0 fully saturated rings. The van der Waals surface area contributed by atoms with Gasteiger partial charge in [-0.05, 0) is 32.4 Å². The smallest absolute Gasteiger partial charge is 0.128 e. The van der Waals surface area contributed by atoms with Gasteiger partial charge in [-0.3, -0.25) is 0 Å². The van der Waals surface area contributed by atoms with E-state index >= 15 is 0 Å². The molecule has 0 radical (unpaired) electrons. The highest BCUT2D eigenvalue weighted by Crippen LogP contribution is 2.31. The highest BCUT2D eigenvalue weighted by Gasteiger charge is 2.12. The van der Waals surface area contributed by atoms with Crippen LogP contribution in [0.5, 0.6) is 11.5 Å². The molecule has 1 rings (SSSR count). The average Bonchev–Trinajstić information content (AvgIpc) is 2.29. The maximum absolute atomic E-state index is 9.84. The standard InChI is InChI=1S/C13H20O3/c1-4-12(14)11-8-7-10(15-5-2)9-13(11)16-6-3/h7-9,12,14H,4-6H2,1-3H3. The number of rotatable bonds is 6. The fraction of sp³-hybridized carbons (Fsp3) is 0.538. The third-order valence-electron chi connectivity index (χ3n) is 2.34. The van der Waals surface area contributed by atoms with Crippen LogP contribution in [0.2, 0.25) is 0 Å². The molecule has 90 valence electrons. The van der Waals surface area contributed by atoms with Crippen molar-refractivity contribution in [3.63, 3.8) is 0 Å². The Morgan fingerprint density at radius 1 is 1.12 bits per heavy atom. The molecule has 0 aromatic heterocycles. The van der Waals surface area contributed by atoms with Crippen LogP contribution < -0.4 is 9.47 Å². The fourth-order valence-corrected chi connectivity index (χ4v) is 1.55. The fourth-order valence-electron chi connectivity index (χ4n) is 1.55. The average molecular weight is 224 g/mol. The Bertz CT molecular complexity index is 323. The van der Waals surface area contributed by atoms with Crippen LogP contribution in [0.4, 0.5) is 0 Å². The molecule has 0 spiro atoms. The molecule has 0 heterocycles. The molecular weight excluding hydrogens is 204 g/mol. The van der Waals surface area contributed by atoms with E-state index in [9.17, 15) is 5.11 Å². The lowest BCUT2D eigenvalue weighted by Gasteiger charge is -2.15. The molecular formula is C13H20O3. The van der Waals surface area contributed by atoms with E-state index in [4.69, 9.17) is 9.47 Å². The molecule has 1 N–H and O–H groups in total. The molecule has 1 unspecified atom stereocenters. The van der Waals surface area contributed by atoms with E-state index in [1.54, 1.807) is 0 Å². The van der Waals surface area contributed by atoms with Gasteiger partial charge >= 0.3 is 0 Å². The molecule has 1 aromatic carbocycles. The zero-order valence-corrected chi connectivity index (χ0v) is 10.2. The number of hydrogen-bond donors (Lipinski definition) is 1. The summed E-state index contributed by atoms with van der Waals surface area (Å²) in [5.74, 6) is 1.49. The van der Waals surface area contributed by atoms with E-state index in [2.05, 4.69) is 0 Å². The summed E-state index contributed by atoms with van der Waals surface area (Å²) in [7, 11) is 0. The lowest BCUT2D eigenvalue weighted by atomic mass is 10.1. The zero-order chi connectivity index (χ0) is 12.0. The highest BCUT2D eigenvalue weighted by atomic mass is 16.5. The van der Waals surface area contributed by atoms with Crippen LogP contribution in [0.15, 0.2) is 18.2 Å². The van der Waals surface area contributed by atoms with Crippen molar-refractivity contribution in [2.45, 2.75) is 33.3 Å². The molecule has 3 nitrogen and oxygen atoms in total. The molecule has 16 heavy (non-hydrogen) atoms. The predicted molar refractivity (Wildman–Crippen MR) is 64.0 cm³/mol. The van der Waals surface area contributed by atoms with E-state index in [0.29, 0.717) is 25.4 Å². The summed E-state index contributed by atoms with van der Waals surface area (Å²) in [5, 5.41) is 9.84. The Labute approximate surface area is 97.0 Å². The lowest BCUT2D eigenvalue weighted by Crippen LogP contribution is -2.02. The highest BCUT2D eigenvalue weighted by molar-refractivity contribution is 5.42. The van der Waals surface area contributed by atoms with Gasteiger partial charge < -0.3 is 14.6 Å². The molecule has 0 amide bonds. The van der Waals surface area contributed by atoms with Gasteiger partial charge in [-0.25, -0.2) is 0 Å². The summed E-state index contributed by atoms with van der Waals surface area (Å²) >= 11 is 0. The van der Waals surface area contributed by atoms with Crippen molar-refractivity contribution in [3.05, 3.63) is 23.8 Å². The first-order valence-electron chi connectivity index (χ1n) is 5.80. The van der Waals surface area contributed by atoms with Gasteiger partial charge in [-0.2, -0.15) is 0 Å². The van der Waals surface area contributed by atoms with Crippen LogP contribution in [0, 0.1) is 0 Å². The van der Waals surface area contributed by atoms with Gasteiger partial charge in [0.1, 0.15) is 11.5 Å². The second-order valence-corrected chi connectivity index (χ2v) is 3.49. The van der Waals surface area contributed by atoms with Crippen molar-refractivity contribution in [1.82, 2.24) is 0 Å². The Morgan fingerprint density at radius 2 is 1.81 bits per heavy atom. The molecule has 0 saturated heterocycles. The van der Waals surface area contributed by atoms with E-state index < -0.39 is 6.10 Å². The van der Waals surface area contributed by atoms with Crippen LogP contribution in [0.1, 0.15) is 38.9 Å². The molecule has 0 aliphatic carbocycles. The van der Waals surface area contributed by atoms with Gasteiger partial charge in [0.25, 0.3) is 0 Å².